The van der Waals surface area contributed by atoms with E-state index < -0.39 is 10.0 Å². The molecule has 0 saturated carbocycles. The van der Waals surface area contributed by atoms with Crippen molar-refractivity contribution in [2.24, 2.45) is 0 Å². The van der Waals surface area contributed by atoms with Gasteiger partial charge in [-0.3, -0.25) is 0 Å². The number of rotatable bonds is 6. The number of nitriles is 2. The van der Waals surface area contributed by atoms with Crippen LogP contribution < -0.4 is 9.46 Å². The van der Waals surface area contributed by atoms with E-state index in [1.54, 1.807) is 24.3 Å². The second-order valence-corrected chi connectivity index (χ2v) is 9.82. The van der Waals surface area contributed by atoms with Crippen molar-refractivity contribution in [2.75, 3.05) is 0 Å². The smallest absolute Gasteiger partial charge is 0.240 e. The number of thiophene rings is 1. The topological polar surface area (TPSA) is 103 Å². The highest BCUT2D eigenvalue weighted by molar-refractivity contribution is 7.89. The summed E-state index contributed by atoms with van der Waals surface area (Å²) in [6.07, 6.45) is 0. The molecule has 4 aromatic rings. The lowest BCUT2D eigenvalue weighted by Crippen LogP contribution is -2.23. The van der Waals surface area contributed by atoms with E-state index in [9.17, 15) is 18.9 Å². The molecule has 32 heavy (non-hydrogen) atoms. The van der Waals surface area contributed by atoms with Crippen LogP contribution in [0.15, 0.2) is 70.9 Å². The van der Waals surface area contributed by atoms with E-state index >= 15 is 0 Å². The van der Waals surface area contributed by atoms with E-state index in [4.69, 9.17) is 16.3 Å². The Morgan fingerprint density at radius 3 is 2.34 bits per heavy atom. The van der Waals surface area contributed by atoms with Gasteiger partial charge in [0.05, 0.1) is 16.0 Å². The molecular weight excluding hydrogens is 466 g/mol. The zero-order chi connectivity index (χ0) is 22.7. The number of benzene rings is 3. The van der Waals surface area contributed by atoms with Gasteiger partial charge in [-0.15, -0.1) is 11.3 Å². The summed E-state index contributed by atoms with van der Waals surface area (Å²) in [4.78, 5) is 0.0662. The van der Waals surface area contributed by atoms with Crippen LogP contribution in [0.5, 0.6) is 11.5 Å². The maximum atomic E-state index is 12.7. The summed E-state index contributed by atoms with van der Waals surface area (Å²) >= 11 is 7.58. The van der Waals surface area contributed by atoms with Crippen molar-refractivity contribution in [1.82, 2.24) is 4.72 Å². The lowest BCUT2D eigenvalue weighted by atomic mass is 10.1. The molecular formula is C23H14ClN3O3S2. The van der Waals surface area contributed by atoms with Crippen molar-refractivity contribution >= 4 is 43.0 Å². The number of halogens is 1. The molecule has 0 amide bonds. The van der Waals surface area contributed by atoms with Crippen molar-refractivity contribution in [3.05, 3.63) is 87.8 Å². The van der Waals surface area contributed by atoms with Crippen LogP contribution >= 0.6 is 22.9 Å². The molecule has 0 aliphatic heterocycles. The summed E-state index contributed by atoms with van der Waals surface area (Å²) in [6, 6.07) is 19.9. The van der Waals surface area contributed by atoms with Crippen LogP contribution in [-0.4, -0.2) is 8.42 Å². The quantitative estimate of drug-likeness (QED) is 0.389. The maximum Gasteiger partial charge on any atom is 0.240 e. The molecule has 6 nitrogen and oxygen atoms in total. The molecule has 1 N–H and O–H groups in total. The zero-order valence-corrected chi connectivity index (χ0v) is 18.8. The minimum absolute atomic E-state index is 0.0662. The fraction of sp³-hybridized carbons (Fsp3) is 0.0435. The maximum absolute atomic E-state index is 12.7. The molecule has 0 saturated heterocycles. The largest absolute Gasteiger partial charge is 0.455 e. The standard InChI is InChI=1S/C23H14ClN3O3S2/c24-18-4-9-22-21(10-18)17(14-31-22)13-27-32(28,29)20-7-5-19(6-8-20)30-23-15(11-25)2-1-3-16(23)12-26/h1-10,14,27H,13H2. The molecule has 0 unspecified atom stereocenters. The number of nitrogens with one attached hydrogen (secondary N) is 1. The second kappa shape index (κ2) is 8.99. The molecule has 158 valence electrons. The third-order valence-corrected chi connectivity index (χ3v) is 7.34. The third kappa shape index (κ3) is 4.45. The number of ether oxygens (including phenoxy) is 1. The monoisotopic (exact) mass is 479 g/mol. The number of sulfonamides is 1. The molecule has 0 aliphatic rings. The van der Waals surface area contributed by atoms with Gasteiger partial charge in [-0.25, -0.2) is 13.1 Å². The van der Waals surface area contributed by atoms with Crippen LogP contribution in [0.1, 0.15) is 16.7 Å². The lowest BCUT2D eigenvalue weighted by molar-refractivity contribution is 0.479. The van der Waals surface area contributed by atoms with Gasteiger partial charge < -0.3 is 4.74 Å². The van der Waals surface area contributed by atoms with E-state index in [-0.39, 0.29) is 28.3 Å². The number of para-hydroxylation sites is 1. The summed E-state index contributed by atoms with van der Waals surface area (Å²) in [7, 11) is -3.77. The summed E-state index contributed by atoms with van der Waals surface area (Å²) in [5.74, 6) is 0.441. The fourth-order valence-electron chi connectivity index (χ4n) is 3.07. The van der Waals surface area contributed by atoms with Gasteiger partial charge in [0, 0.05) is 16.3 Å². The van der Waals surface area contributed by atoms with Crippen LogP contribution in [-0.2, 0) is 16.6 Å². The minimum Gasteiger partial charge on any atom is -0.455 e. The Balaban J connectivity index is 1.52. The van der Waals surface area contributed by atoms with Gasteiger partial charge >= 0.3 is 0 Å². The summed E-state index contributed by atoms with van der Waals surface area (Å²) in [5.41, 5.74) is 1.27. The summed E-state index contributed by atoms with van der Waals surface area (Å²) < 4.78 is 34.8. The Kier molecular flexibility index (Phi) is 6.13. The minimum atomic E-state index is -3.77. The first-order chi connectivity index (χ1) is 15.4. The van der Waals surface area contributed by atoms with Crippen LogP contribution in [0.4, 0.5) is 0 Å². The molecule has 0 spiro atoms. The molecule has 0 radical (unpaired) electrons. The summed E-state index contributed by atoms with van der Waals surface area (Å²) in [6.45, 7) is 0.127. The molecule has 1 heterocycles. The van der Waals surface area contributed by atoms with E-state index in [2.05, 4.69) is 4.72 Å². The lowest BCUT2D eigenvalue weighted by Gasteiger charge is -2.10. The number of nitrogens with zero attached hydrogens (tertiary/aromatic N) is 2. The van der Waals surface area contributed by atoms with E-state index in [1.807, 2.05) is 29.7 Å². The van der Waals surface area contributed by atoms with Crippen molar-refractivity contribution in [3.8, 4) is 23.6 Å². The van der Waals surface area contributed by atoms with Gasteiger partial charge in [-0.1, -0.05) is 17.7 Å². The van der Waals surface area contributed by atoms with Gasteiger partial charge in [-0.2, -0.15) is 10.5 Å². The molecule has 0 bridgehead atoms. The molecule has 0 atom stereocenters. The SMILES string of the molecule is N#Cc1cccc(C#N)c1Oc1ccc(S(=O)(=O)NCc2csc3ccc(Cl)cc23)cc1. The molecule has 0 aliphatic carbocycles. The van der Waals surface area contributed by atoms with Crippen molar-refractivity contribution in [3.63, 3.8) is 0 Å². The molecule has 1 aromatic heterocycles. The average Bonchev–Trinajstić information content (AvgIpc) is 3.20. The van der Waals surface area contributed by atoms with Crippen molar-refractivity contribution in [1.29, 1.82) is 10.5 Å². The predicted octanol–water partition coefficient (Wildman–Crippen LogP) is 5.57. The van der Waals surface area contributed by atoms with E-state index in [1.165, 1.54) is 35.6 Å². The number of hydrogen-bond donors (Lipinski definition) is 1. The van der Waals surface area contributed by atoms with Crippen LogP contribution in [0.2, 0.25) is 5.02 Å². The number of fused-ring (bicyclic) bond motifs is 1. The Morgan fingerprint density at radius 2 is 1.69 bits per heavy atom. The van der Waals surface area contributed by atoms with Crippen molar-refractivity contribution in [2.45, 2.75) is 11.4 Å². The molecule has 9 heteroatoms. The first-order valence-electron chi connectivity index (χ1n) is 9.28. The van der Waals surface area contributed by atoms with Crippen LogP contribution in [0.3, 0.4) is 0 Å². The molecule has 4 rings (SSSR count). The Labute approximate surface area is 193 Å². The highest BCUT2D eigenvalue weighted by Crippen LogP contribution is 2.30. The number of hydrogen-bond acceptors (Lipinski definition) is 6. The van der Waals surface area contributed by atoms with E-state index in [0.29, 0.717) is 10.8 Å². The first-order valence-corrected chi connectivity index (χ1v) is 12.0. The Hall–Kier alpha value is -3.40. The highest BCUT2D eigenvalue weighted by atomic mass is 35.5. The Morgan fingerprint density at radius 1 is 1.00 bits per heavy atom. The van der Waals surface area contributed by atoms with Gasteiger partial charge in [0.25, 0.3) is 0 Å². The van der Waals surface area contributed by atoms with Gasteiger partial charge in [0.15, 0.2) is 5.75 Å². The van der Waals surface area contributed by atoms with Gasteiger partial charge in [0.2, 0.25) is 10.0 Å². The Bertz CT molecular complexity index is 1470. The van der Waals surface area contributed by atoms with Crippen LogP contribution in [0.25, 0.3) is 10.1 Å². The average molecular weight is 480 g/mol. The third-order valence-electron chi connectivity index (χ3n) is 4.68. The normalized spacial score (nSPS) is 11.1. The predicted molar refractivity (Wildman–Crippen MR) is 123 cm³/mol. The van der Waals surface area contributed by atoms with E-state index in [0.717, 1.165) is 15.6 Å². The van der Waals surface area contributed by atoms with Gasteiger partial charge in [0.1, 0.15) is 17.9 Å². The molecule has 3 aromatic carbocycles. The second-order valence-electron chi connectivity index (χ2n) is 6.71. The fourth-order valence-corrected chi connectivity index (χ4v) is 5.20. The van der Waals surface area contributed by atoms with Crippen molar-refractivity contribution < 1.29 is 13.2 Å². The summed E-state index contributed by atoms with van der Waals surface area (Å²) in [5, 5.41) is 21.9. The molecule has 0 fully saturated rings. The van der Waals surface area contributed by atoms with Gasteiger partial charge in [-0.05, 0) is 70.9 Å². The first kappa shape index (κ1) is 21.8. The van der Waals surface area contributed by atoms with Crippen LogP contribution in [0, 0.1) is 22.7 Å². The highest BCUT2D eigenvalue weighted by Gasteiger charge is 2.16. The zero-order valence-electron chi connectivity index (χ0n) is 16.4.